The standard InChI is InChI=1S/C11H13F2N3O/c12-7-1-2-8(14)10(13)9(7)11(17)16-5-3-15-4-6-16/h1-2,15H,3-6,14H2. The minimum Gasteiger partial charge on any atom is -0.396 e. The molecule has 0 unspecified atom stereocenters. The maximum Gasteiger partial charge on any atom is 0.259 e. The van der Waals surface area contributed by atoms with E-state index in [1.54, 1.807) is 0 Å². The fourth-order valence-corrected chi connectivity index (χ4v) is 1.79. The van der Waals surface area contributed by atoms with E-state index >= 15 is 0 Å². The molecular weight excluding hydrogens is 228 g/mol. The van der Waals surface area contributed by atoms with Crippen LogP contribution in [0.4, 0.5) is 14.5 Å². The number of amides is 1. The number of nitrogens with two attached hydrogens (primary N) is 1. The van der Waals surface area contributed by atoms with Crippen molar-refractivity contribution in [2.75, 3.05) is 31.9 Å². The van der Waals surface area contributed by atoms with Crippen LogP contribution < -0.4 is 11.1 Å². The van der Waals surface area contributed by atoms with Gasteiger partial charge in [-0.25, -0.2) is 8.78 Å². The molecule has 1 heterocycles. The maximum absolute atomic E-state index is 13.6. The zero-order valence-corrected chi connectivity index (χ0v) is 9.17. The number of hydrogen-bond acceptors (Lipinski definition) is 3. The van der Waals surface area contributed by atoms with Gasteiger partial charge in [0.2, 0.25) is 0 Å². The average Bonchev–Trinajstić information content (AvgIpc) is 2.35. The zero-order valence-electron chi connectivity index (χ0n) is 9.17. The molecule has 1 fully saturated rings. The summed E-state index contributed by atoms with van der Waals surface area (Å²) in [6.45, 7) is 2.12. The Bertz CT molecular complexity index is 445. The van der Waals surface area contributed by atoms with E-state index in [1.165, 1.54) is 4.90 Å². The normalized spacial score (nSPS) is 16.0. The average molecular weight is 241 g/mol. The van der Waals surface area contributed by atoms with Crippen molar-refractivity contribution in [1.82, 2.24) is 10.2 Å². The minimum absolute atomic E-state index is 0.218. The highest BCUT2D eigenvalue weighted by Crippen LogP contribution is 2.20. The van der Waals surface area contributed by atoms with Gasteiger partial charge in [0.05, 0.1) is 5.69 Å². The van der Waals surface area contributed by atoms with Gasteiger partial charge < -0.3 is 16.0 Å². The van der Waals surface area contributed by atoms with Gasteiger partial charge in [-0.2, -0.15) is 0 Å². The lowest BCUT2D eigenvalue weighted by Crippen LogP contribution is -2.46. The Balaban J connectivity index is 2.32. The van der Waals surface area contributed by atoms with Crippen molar-refractivity contribution < 1.29 is 13.6 Å². The summed E-state index contributed by atoms with van der Waals surface area (Å²) in [4.78, 5) is 13.4. The first-order valence-corrected chi connectivity index (χ1v) is 5.34. The molecule has 1 amide bonds. The molecule has 3 N–H and O–H groups in total. The molecule has 0 saturated carbocycles. The van der Waals surface area contributed by atoms with Crippen molar-refractivity contribution in [3.05, 3.63) is 29.3 Å². The van der Waals surface area contributed by atoms with Gasteiger partial charge in [-0.1, -0.05) is 0 Å². The molecule has 0 atom stereocenters. The zero-order chi connectivity index (χ0) is 12.4. The molecule has 2 rings (SSSR count). The third-order valence-electron chi connectivity index (χ3n) is 2.74. The highest BCUT2D eigenvalue weighted by molar-refractivity contribution is 5.95. The van der Waals surface area contributed by atoms with Gasteiger partial charge in [0.25, 0.3) is 5.91 Å². The molecule has 1 saturated heterocycles. The monoisotopic (exact) mass is 241 g/mol. The van der Waals surface area contributed by atoms with Crippen LogP contribution in [0.1, 0.15) is 10.4 Å². The first-order valence-electron chi connectivity index (χ1n) is 5.34. The highest BCUT2D eigenvalue weighted by atomic mass is 19.1. The van der Waals surface area contributed by atoms with Crippen LogP contribution in [0.3, 0.4) is 0 Å². The van der Waals surface area contributed by atoms with Crippen LogP contribution in [-0.4, -0.2) is 37.0 Å². The van der Waals surface area contributed by atoms with Gasteiger partial charge >= 0.3 is 0 Å². The van der Waals surface area contributed by atoms with Crippen molar-refractivity contribution in [3.8, 4) is 0 Å². The molecule has 0 radical (unpaired) electrons. The van der Waals surface area contributed by atoms with Crippen LogP contribution in [0.25, 0.3) is 0 Å². The first kappa shape index (κ1) is 11.8. The number of carbonyl (C=O) groups is 1. The van der Waals surface area contributed by atoms with Crippen LogP contribution in [-0.2, 0) is 0 Å². The van der Waals surface area contributed by atoms with Crippen molar-refractivity contribution in [2.45, 2.75) is 0 Å². The van der Waals surface area contributed by atoms with Crippen LogP contribution in [0.2, 0.25) is 0 Å². The third kappa shape index (κ3) is 2.21. The lowest BCUT2D eigenvalue weighted by atomic mass is 10.1. The molecule has 92 valence electrons. The second kappa shape index (κ2) is 4.67. The summed E-state index contributed by atoms with van der Waals surface area (Å²) < 4.78 is 27.1. The molecule has 1 aliphatic rings. The molecule has 0 bridgehead atoms. The molecule has 6 heteroatoms. The molecule has 4 nitrogen and oxygen atoms in total. The SMILES string of the molecule is Nc1ccc(F)c(C(=O)N2CCNCC2)c1F. The van der Waals surface area contributed by atoms with Crippen LogP contribution in [0, 0.1) is 11.6 Å². The lowest BCUT2D eigenvalue weighted by molar-refractivity contribution is 0.0726. The van der Waals surface area contributed by atoms with Gasteiger partial charge in [-0.3, -0.25) is 4.79 Å². The summed E-state index contributed by atoms with van der Waals surface area (Å²) in [7, 11) is 0. The Hall–Kier alpha value is -1.69. The molecule has 17 heavy (non-hydrogen) atoms. The van der Waals surface area contributed by atoms with Gasteiger partial charge in [0, 0.05) is 26.2 Å². The van der Waals surface area contributed by atoms with Crippen molar-refractivity contribution in [1.29, 1.82) is 0 Å². The number of anilines is 1. The Morgan fingerprint density at radius 3 is 2.59 bits per heavy atom. The topological polar surface area (TPSA) is 58.4 Å². The fraction of sp³-hybridized carbons (Fsp3) is 0.364. The highest BCUT2D eigenvalue weighted by Gasteiger charge is 2.25. The smallest absolute Gasteiger partial charge is 0.259 e. The Kier molecular flexibility index (Phi) is 3.23. The molecule has 1 aliphatic heterocycles. The number of carbonyl (C=O) groups excluding carboxylic acids is 1. The number of nitrogen functional groups attached to an aromatic ring is 1. The van der Waals surface area contributed by atoms with Gasteiger partial charge in [-0.15, -0.1) is 0 Å². The van der Waals surface area contributed by atoms with E-state index in [0.717, 1.165) is 12.1 Å². The van der Waals surface area contributed by atoms with E-state index in [9.17, 15) is 13.6 Å². The minimum atomic E-state index is -0.978. The fourth-order valence-electron chi connectivity index (χ4n) is 1.79. The van der Waals surface area contributed by atoms with Crippen molar-refractivity contribution in [3.63, 3.8) is 0 Å². The maximum atomic E-state index is 13.6. The third-order valence-corrected chi connectivity index (χ3v) is 2.74. The summed E-state index contributed by atoms with van der Waals surface area (Å²) in [6, 6.07) is 2.12. The number of nitrogens with zero attached hydrogens (tertiary/aromatic N) is 1. The number of piperazine rings is 1. The van der Waals surface area contributed by atoms with Gasteiger partial charge in [-0.05, 0) is 12.1 Å². The lowest BCUT2D eigenvalue weighted by Gasteiger charge is -2.27. The van der Waals surface area contributed by atoms with E-state index < -0.39 is 23.1 Å². The van der Waals surface area contributed by atoms with Gasteiger partial charge in [0.15, 0.2) is 5.82 Å². The van der Waals surface area contributed by atoms with Crippen molar-refractivity contribution >= 4 is 11.6 Å². The van der Waals surface area contributed by atoms with Crippen molar-refractivity contribution in [2.24, 2.45) is 0 Å². The largest absolute Gasteiger partial charge is 0.396 e. The van der Waals surface area contributed by atoms with Crippen LogP contribution in [0.5, 0.6) is 0 Å². The van der Waals surface area contributed by atoms with E-state index in [2.05, 4.69) is 5.32 Å². The number of benzene rings is 1. The van der Waals surface area contributed by atoms with E-state index in [4.69, 9.17) is 5.73 Å². The number of nitrogens with one attached hydrogen (secondary N) is 1. The van der Waals surface area contributed by atoms with Gasteiger partial charge in [0.1, 0.15) is 11.4 Å². The summed E-state index contributed by atoms with van der Waals surface area (Å²) in [5.74, 6) is -2.50. The molecule has 0 aromatic heterocycles. The second-order valence-electron chi connectivity index (χ2n) is 3.87. The van der Waals surface area contributed by atoms with E-state index in [-0.39, 0.29) is 5.69 Å². The molecule has 0 aliphatic carbocycles. The predicted octanol–water partition coefficient (Wildman–Crippen LogP) is 0.592. The summed E-state index contributed by atoms with van der Waals surface area (Å²) >= 11 is 0. The molecular formula is C11H13F2N3O. The Labute approximate surface area is 97.4 Å². The molecule has 0 spiro atoms. The van der Waals surface area contributed by atoms with E-state index in [0.29, 0.717) is 26.2 Å². The Morgan fingerprint density at radius 1 is 1.29 bits per heavy atom. The number of rotatable bonds is 1. The molecule has 1 aromatic carbocycles. The summed E-state index contributed by atoms with van der Waals surface area (Å²) in [6.07, 6.45) is 0. The van der Waals surface area contributed by atoms with Crippen LogP contribution >= 0.6 is 0 Å². The number of halogens is 2. The van der Waals surface area contributed by atoms with Crippen LogP contribution in [0.15, 0.2) is 12.1 Å². The summed E-state index contributed by atoms with van der Waals surface area (Å²) in [5, 5.41) is 3.06. The summed E-state index contributed by atoms with van der Waals surface area (Å²) in [5.41, 5.74) is 4.55. The Morgan fingerprint density at radius 2 is 1.94 bits per heavy atom. The quantitative estimate of drug-likeness (QED) is 0.708. The first-order chi connectivity index (χ1) is 8.11. The second-order valence-corrected chi connectivity index (χ2v) is 3.87. The van der Waals surface area contributed by atoms with E-state index in [1.807, 2.05) is 0 Å². The molecule has 1 aromatic rings. The number of hydrogen-bond donors (Lipinski definition) is 2. The predicted molar refractivity (Wildman–Crippen MR) is 59.5 cm³/mol.